The fourth-order valence-corrected chi connectivity index (χ4v) is 3.75. The molecule has 120 valence electrons. The van der Waals surface area contributed by atoms with Crippen molar-refractivity contribution in [2.75, 3.05) is 13.2 Å². The van der Waals surface area contributed by atoms with E-state index in [9.17, 15) is 4.79 Å². The molecule has 1 aliphatic heterocycles. The zero-order valence-corrected chi connectivity index (χ0v) is 13.8. The molecule has 1 amide bonds. The van der Waals surface area contributed by atoms with Crippen LogP contribution in [-0.4, -0.2) is 35.6 Å². The number of carbonyl (C=O) groups excluding carboxylic acids is 1. The Balaban J connectivity index is 1.76. The van der Waals surface area contributed by atoms with Gasteiger partial charge in [-0.2, -0.15) is 0 Å². The Morgan fingerprint density at radius 3 is 2.68 bits per heavy atom. The van der Waals surface area contributed by atoms with E-state index in [1.165, 1.54) is 11.1 Å². The second-order valence-corrected chi connectivity index (χ2v) is 7.09. The molecule has 1 saturated carbocycles. The van der Waals surface area contributed by atoms with Gasteiger partial charge in [0, 0.05) is 31.5 Å². The lowest BCUT2D eigenvalue weighted by Crippen LogP contribution is -2.76. The highest BCUT2D eigenvalue weighted by Gasteiger charge is 2.63. The second-order valence-electron chi connectivity index (χ2n) is 7.09. The molecule has 0 bridgehead atoms. The minimum Gasteiger partial charge on any atom is -0.378 e. The van der Waals surface area contributed by atoms with Crippen LogP contribution < -0.4 is 5.73 Å². The topological polar surface area (TPSA) is 55.6 Å². The Morgan fingerprint density at radius 1 is 1.36 bits per heavy atom. The van der Waals surface area contributed by atoms with Gasteiger partial charge in [0.15, 0.2) is 0 Å². The molecule has 0 radical (unpaired) electrons. The third kappa shape index (κ3) is 2.17. The van der Waals surface area contributed by atoms with Crippen molar-refractivity contribution >= 4 is 5.91 Å². The first-order chi connectivity index (χ1) is 10.4. The van der Waals surface area contributed by atoms with Crippen molar-refractivity contribution in [1.82, 2.24) is 4.90 Å². The monoisotopic (exact) mass is 302 g/mol. The molecule has 2 unspecified atom stereocenters. The summed E-state index contributed by atoms with van der Waals surface area (Å²) in [5, 5.41) is 0. The highest BCUT2D eigenvalue weighted by atomic mass is 16.5. The fourth-order valence-electron chi connectivity index (χ4n) is 3.75. The van der Waals surface area contributed by atoms with Gasteiger partial charge in [0.05, 0.1) is 6.10 Å². The molecule has 2 N–H and O–H groups in total. The maximum atomic E-state index is 13.0. The number of hydrogen-bond donors (Lipinski definition) is 1. The van der Waals surface area contributed by atoms with E-state index in [-0.39, 0.29) is 17.4 Å². The SMILES string of the molecule is CCOC1CC(N)(C(=O)N2CCc3ccccc3C2)C1(C)C. The maximum Gasteiger partial charge on any atom is 0.243 e. The molecule has 1 aliphatic carbocycles. The number of nitrogens with zero attached hydrogens (tertiary/aromatic N) is 1. The normalized spacial score (nSPS) is 29.6. The van der Waals surface area contributed by atoms with Crippen LogP contribution in [-0.2, 0) is 22.5 Å². The molecule has 1 heterocycles. The minimum absolute atomic E-state index is 0.0722. The molecule has 22 heavy (non-hydrogen) atoms. The molecule has 1 fully saturated rings. The van der Waals surface area contributed by atoms with Crippen molar-refractivity contribution in [2.45, 2.75) is 51.8 Å². The Labute approximate surface area is 132 Å². The quantitative estimate of drug-likeness (QED) is 0.930. The molecular weight excluding hydrogens is 276 g/mol. The zero-order chi connectivity index (χ0) is 16.0. The Hall–Kier alpha value is -1.39. The minimum atomic E-state index is -0.806. The van der Waals surface area contributed by atoms with E-state index in [0.717, 1.165) is 13.0 Å². The highest BCUT2D eigenvalue weighted by Crippen LogP contribution is 2.50. The van der Waals surface area contributed by atoms with E-state index in [1.54, 1.807) is 0 Å². The summed E-state index contributed by atoms with van der Waals surface area (Å²) in [6, 6.07) is 8.34. The van der Waals surface area contributed by atoms with E-state index in [4.69, 9.17) is 10.5 Å². The molecular formula is C18H26N2O2. The van der Waals surface area contributed by atoms with Gasteiger partial charge in [-0.25, -0.2) is 0 Å². The van der Waals surface area contributed by atoms with E-state index < -0.39 is 5.54 Å². The van der Waals surface area contributed by atoms with Crippen LogP contribution in [0.5, 0.6) is 0 Å². The Bertz CT molecular complexity index is 584. The molecule has 2 aliphatic rings. The third-order valence-electron chi connectivity index (χ3n) is 5.63. The number of hydrogen-bond acceptors (Lipinski definition) is 3. The molecule has 3 rings (SSSR count). The lowest BCUT2D eigenvalue weighted by Gasteiger charge is -2.58. The number of nitrogens with two attached hydrogens (primary N) is 1. The van der Waals surface area contributed by atoms with Crippen LogP contribution in [0.2, 0.25) is 0 Å². The predicted octanol–water partition coefficient (Wildman–Crippen LogP) is 2.10. The van der Waals surface area contributed by atoms with E-state index >= 15 is 0 Å². The molecule has 0 spiro atoms. The smallest absolute Gasteiger partial charge is 0.243 e. The molecule has 1 aromatic carbocycles. The largest absolute Gasteiger partial charge is 0.378 e. The summed E-state index contributed by atoms with van der Waals surface area (Å²) in [6.45, 7) is 8.16. The standard InChI is InChI=1S/C18H26N2O2/c1-4-22-15-11-18(19,17(15,2)3)16(21)20-10-9-13-7-5-6-8-14(13)12-20/h5-8,15H,4,9-12,19H2,1-3H3. The van der Waals surface area contributed by atoms with Gasteiger partial charge in [-0.15, -0.1) is 0 Å². The van der Waals surface area contributed by atoms with Crippen LogP contribution in [0.15, 0.2) is 24.3 Å². The van der Waals surface area contributed by atoms with Gasteiger partial charge < -0.3 is 15.4 Å². The van der Waals surface area contributed by atoms with E-state index in [2.05, 4.69) is 18.2 Å². The summed E-state index contributed by atoms with van der Waals surface area (Å²) >= 11 is 0. The van der Waals surface area contributed by atoms with Crippen molar-refractivity contribution in [3.8, 4) is 0 Å². The number of benzene rings is 1. The highest BCUT2D eigenvalue weighted by molar-refractivity contribution is 5.89. The van der Waals surface area contributed by atoms with Gasteiger partial charge in [0.25, 0.3) is 0 Å². The summed E-state index contributed by atoms with van der Waals surface area (Å²) in [4.78, 5) is 14.9. The molecule has 0 aromatic heterocycles. The lowest BCUT2D eigenvalue weighted by atomic mass is 9.54. The number of fused-ring (bicyclic) bond motifs is 1. The molecule has 0 saturated heterocycles. The number of ether oxygens (including phenoxy) is 1. The first kappa shape index (κ1) is 15.5. The Kier molecular flexibility index (Phi) is 3.77. The van der Waals surface area contributed by atoms with Gasteiger partial charge in [0.2, 0.25) is 5.91 Å². The van der Waals surface area contributed by atoms with Crippen molar-refractivity contribution in [1.29, 1.82) is 0 Å². The molecule has 2 atom stereocenters. The van der Waals surface area contributed by atoms with Gasteiger partial charge in [-0.1, -0.05) is 38.1 Å². The van der Waals surface area contributed by atoms with Crippen LogP contribution in [0.3, 0.4) is 0 Å². The van der Waals surface area contributed by atoms with Gasteiger partial charge in [-0.05, 0) is 24.5 Å². The average Bonchev–Trinajstić information content (AvgIpc) is 2.53. The summed E-state index contributed by atoms with van der Waals surface area (Å²) in [6.07, 6.45) is 1.60. The van der Waals surface area contributed by atoms with Gasteiger partial charge in [0.1, 0.15) is 5.54 Å². The summed E-state index contributed by atoms with van der Waals surface area (Å²) < 4.78 is 5.73. The van der Waals surface area contributed by atoms with E-state index in [1.807, 2.05) is 31.7 Å². The van der Waals surface area contributed by atoms with Crippen molar-refractivity contribution < 1.29 is 9.53 Å². The first-order valence-electron chi connectivity index (χ1n) is 8.17. The van der Waals surface area contributed by atoms with Crippen molar-refractivity contribution in [3.63, 3.8) is 0 Å². The van der Waals surface area contributed by atoms with Crippen LogP contribution in [0.25, 0.3) is 0 Å². The summed E-state index contributed by atoms with van der Waals surface area (Å²) in [7, 11) is 0. The molecule has 4 nitrogen and oxygen atoms in total. The van der Waals surface area contributed by atoms with Crippen LogP contribution in [0.1, 0.15) is 38.3 Å². The Morgan fingerprint density at radius 2 is 2.05 bits per heavy atom. The average molecular weight is 302 g/mol. The number of amides is 1. The number of rotatable bonds is 3. The lowest BCUT2D eigenvalue weighted by molar-refractivity contribution is -0.180. The van der Waals surface area contributed by atoms with Crippen molar-refractivity contribution in [2.24, 2.45) is 11.1 Å². The second kappa shape index (κ2) is 5.36. The number of carbonyl (C=O) groups is 1. The maximum absolute atomic E-state index is 13.0. The first-order valence-corrected chi connectivity index (χ1v) is 8.17. The summed E-state index contributed by atoms with van der Waals surface area (Å²) in [5.41, 5.74) is 7.98. The van der Waals surface area contributed by atoms with Crippen LogP contribution in [0, 0.1) is 5.41 Å². The summed E-state index contributed by atoms with van der Waals surface area (Å²) in [5.74, 6) is 0.0722. The fraction of sp³-hybridized carbons (Fsp3) is 0.611. The van der Waals surface area contributed by atoms with Gasteiger partial charge >= 0.3 is 0 Å². The van der Waals surface area contributed by atoms with Crippen LogP contribution >= 0.6 is 0 Å². The predicted molar refractivity (Wildman–Crippen MR) is 86.3 cm³/mol. The van der Waals surface area contributed by atoms with E-state index in [0.29, 0.717) is 19.6 Å². The zero-order valence-electron chi connectivity index (χ0n) is 13.8. The van der Waals surface area contributed by atoms with Crippen LogP contribution in [0.4, 0.5) is 0 Å². The molecule has 1 aromatic rings. The molecule has 4 heteroatoms. The van der Waals surface area contributed by atoms with Crippen molar-refractivity contribution in [3.05, 3.63) is 35.4 Å². The van der Waals surface area contributed by atoms with Gasteiger partial charge in [-0.3, -0.25) is 4.79 Å². The third-order valence-corrected chi connectivity index (χ3v) is 5.63.